The molecule has 0 bridgehead atoms. The van der Waals surface area contributed by atoms with Crippen LogP contribution < -0.4 is 5.73 Å². The molecule has 104 valence electrons. The minimum Gasteiger partial charge on any atom is -0.507 e. The highest BCUT2D eigenvalue weighted by molar-refractivity contribution is 5.85. The minimum absolute atomic E-state index is 0.292. The predicted octanol–water partition coefficient (Wildman–Crippen LogP) is 4.18. The summed E-state index contributed by atoms with van der Waals surface area (Å²) in [7, 11) is 0. The summed E-state index contributed by atoms with van der Waals surface area (Å²) in [5, 5.41) is 10.1. The fraction of sp³-hybridized carbons (Fsp3) is 0.0526. The Kier molecular flexibility index (Phi) is 3.71. The molecule has 0 atom stereocenters. The first-order valence-electron chi connectivity index (χ1n) is 6.96. The van der Waals surface area contributed by atoms with Crippen molar-refractivity contribution in [1.82, 2.24) is 0 Å². The summed E-state index contributed by atoms with van der Waals surface area (Å²) in [5.74, 6) is 0.292. The average Bonchev–Trinajstić information content (AvgIpc) is 2.55. The second kappa shape index (κ2) is 5.81. The molecule has 3 aromatic carbocycles. The van der Waals surface area contributed by atoms with Crippen LogP contribution in [-0.4, -0.2) is 5.11 Å². The third kappa shape index (κ3) is 2.67. The Morgan fingerprint density at radius 2 is 1.38 bits per heavy atom. The zero-order valence-electron chi connectivity index (χ0n) is 11.7. The second-order valence-corrected chi connectivity index (χ2v) is 4.97. The largest absolute Gasteiger partial charge is 0.507 e. The van der Waals surface area contributed by atoms with Crippen molar-refractivity contribution in [3.8, 4) is 28.0 Å². The second-order valence-electron chi connectivity index (χ2n) is 4.97. The first-order valence-corrected chi connectivity index (χ1v) is 6.96. The van der Waals surface area contributed by atoms with Crippen LogP contribution in [0.4, 0.5) is 0 Å². The van der Waals surface area contributed by atoms with Crippen LogP contribution in [0.3, 0.4) is 0 Å². The van der Waals surface area contributed by atoms with E-state index in [0.29, 0.717) is 12.3 Å². The Morgan fingerprint density at radius 1 is 0.714 bits per heavy atom. The van der Waals surface area contributed by atoms with Crippen LogP contribution in [0.15, 0.2) is 72.8 Å². The highest BCUT2D eigenvalue weighted by Gasteiger charge is 2.10. The lowest BCUT2D eigenvalue weighted by Gasteiger charge is -2.12. The van der Waals surface area contributed by atoms with E-state index in [1.165, 1.54) is 0 Å². The smallest absolute Gasteiger partial charge is 0.123 e. The van der Waals surface area contributed by atoms with E-state index in [2.05, 4.69) is 18.2 Å². The molecule has 0 radical (unpaired) electrons. The zero-order chi connectivity index (χ0) is 14.7. The fourth-order valence-corrected chi connectivity index (χ4v) is 2.54. The topological polar surface area (TPSA) is 46.2 Å². The van der Waals surface area contributed by atoms with Gasteiger partial charge in [-0.05, 0) is 34.4 Å². The Bertz CT molecular complexity index is 765. The highest BCUT2D eigenvalue weighted by atomic mass is 16.3. The minimum atomic E-state index is 0.292. The molecule has 0 fully saturated rings. The van der Waals surface area contributed by atoms with Gasteiger partial charge in [-0.3, -0.25) is 0 Å². The zero-order valence-corrected chi connectivity index (χ0v) is 11.7. The molecule has 0 amide bonds. The van der Waals surface area contributed by atoms with E-state index in [0.717, 1.165) is 27.8 Å². The fourth-order valence-electron chi connectivity index (χ4n) is 2.54. The maximum Gasteiger partial charge on any atom is 0.123 e. The summed E-state index contributed by atoms with van der Waals surface area (Å²) >= 11 is 0. The maximum atomic E-state index is 10.1. The molecule has 0 saturated heterocycles. The van der Waals surface area contributed by atoms with Crippen LogP contribution in [0.2, 0.25) is 0 Å². The van der Waals surface area contributed by atoms with Gasteiger partial charge in [0.1, 0.15) is 5.75 Å². The van der Waals surface area contributed by atoms with Crippen molar-refractivity contribution in [2.75, 3.05) is 0 Å². The molecule has 21 heavy (non-hydrogen) atoms. The van der Waals surface area contributed by atoms with Crippen LogP contribution in [0.1, 0.15) is 5.56 Å². The summed E-state index contributed by atoms with van der Waals surface area (Å²) in [4.78, 5) is 0. The SMILES string of the molecule is NCc1cccc(-c2ccccc2-c2ccccc2O)c1. The van der Waals surface area contributed by atoms with E-state index in [-0.39, 0.29) is 0 Å². The van der Waals surface area contributed by atoms with Crippen molar-refractivity contribution in [2.45, 2.75) is 6.54 Å². The number of rotatable bonds is 3. The Balaban J connectivity index is 2.18. The summed E-state index contributed by atoms with van der Waals surface area (Å²) in [5.41, 5.74) is 10.9. The Hall–Kier alpha value is -2.58. The molecule has 2 heteroatoms. The lowest BCUT2D eigenvalue weighted by atomic mass is 9.93. The molecule has 3 rings (SSSR count). The number of aromatic hydroxyl groups is 1. The van der Waals surface area contributed by atoms with Crippen LogP contribution >= 0.6 is 0 Å². The van der Waals surface area contributed by atoms with Crippen molar-refractivity contribution in [3.05, 3.63) is 78.4 Å². The van der Waals surface area contributed by atoms with E-state index in [4.69, 9.17) is 5.73 Å². The van der Waals surface area contributed by atoms with Gasteiger partial charge in [0.2, 0.25) is 0 Å². The van der Waals surface area contributed by atoms with Crippen molar-refractivity contribution in [2.24, 2.45) is 5.73 Å². The average molecular weight is 275 g/mol. The quantitative estimate of drug-likeness (QED) is 0.753. The molecule has 0 saturated carbocycles. The molecular formula is C19H17NO. The molecule has 3 aromatic rings. The van der Waals surface area contributed by atoms with Gasteiger partial charge in [-0.15, -0.1) is 0 Å². The number of para-hydroxylation sites is 1. The molecule has 0 spiro atoms. The van der Waals surface area contributed by atoms with E-state index in [1.807, 2.05) is 48.5 Å². The molecule has 2 nitrogen and oxygen atoms in total. The van der Waals surface area contributed by atoms with Crippen LogP contribution in [-0.2, 0) is 6.54 Å². The van der Waals surface area contributed by atoms with E-state index >= 15 is 0 Å². The molecule has 0 aliphatic carbocycles. The van der Waals surface area contributed by atoms with Crippen LogP contribution in [0, 0.1) is 0 Å². The van der Waals surface area contributed by atoms with Crippen molar-refractivity contribution < 1.29 is 5.11 Å². The van der Waals surface area contributed by atoms with Gasteiger partial charge in [0, 0.05) is 12.1 Å². The van der Waals surface area contributed by atoms with Gasteiger partial charge >= 0.3 is 0 Å². The monoisotopic (exact) mass is 275 g/mol. The standard InChI is InChI=1S/C19H17NO/c20-13-14-6-5-7-15(12-14)16-8-1-2-9-17(16)18-10-3-4-11-19(18)21/h1-12,21H,13,20H2. The number of phenolic OH excluding ortho intramolecular Hbond substituents is 1. The molecule has 3 N–H and O–H groups in total. The Morgan fingerprint density at radius 3 is 2.10 bits per heavy atom. The highest BCUT2D eigenvalue weighted by Crippen LogP contribution is 2.36. The van der Waals surface area contributed by atoms with Gasteiger partial charge in [0.25, 0.3) is 0 Å². The molecule has 0 aromatic heterocycles. The maximum absolute atomic E-state index is 10.1. The van der Waals surface area contributed by atoms with Crippen LogP contribution in [0.5, 0.6) is 5.75 Å². The molecule has 0 unspecified atom stereocenters. The van der Waals surface area contributed by atoms with E-state index in [9.17, 15) is 5.11 Å². The van der Waals surface area contributed by atoms with Gasteiger partial charge < -0.3 is 10.8 Å². The Labute approximate surface area is 124 Å². The lowest BCUT2D eigenvalue weighted by Crippen LogP contribution is -1.96. The summed E-state index contributed by atoms with van der Waals surface area (Å²) in [6, 6.07) is 23.7. The molecule has 0 heterocycles. The number of phenols is 1. The van der Waals surface area contributed by atoms with Crippen LogP contribution in [0.25, 0.3) is 22.3 Å². The third-order valence-electron chi connectivity index (χ3n) is 3.59. The first kappa shape index (κ1) is 13.4. The van der Waals surface area contributed by atoms with Gasteiger partial charge in [0.05, 0.1) is 0 Å². The summed E-state index contributed by atoms with van der Waals surface area (Å²) < 4.78 is 0. The molecule has 0 aliphatic heterocycles. The van der Waals surface area contributed by atoms with Gasteiger partial charge in [0.15, 0.2) is 0 Å². The van der Waals surface area contributed by atoms with Crippen molar-refractivity contribution in [3.63, 3.8) is 0 Å². The van der Waals surface area contributed by atoms with Crippen molar-refractivity contribution >= 4 is 0 Å². The summed E-state index contributed by atoms with van der Waals surface area (Å²) in [6.07, 6.45) is 0. The number of nitrogens with two attached hydrogens (primary N) is 1. The first-order chi connectivity index (χ1) is 10.3. The third-order valence-corrected chi connectivity index (χ3v) is 3.59. The summed E-state index contributed by atoms with van der Waals surface area (Å²) in [6.45, 7) is 0.520. The normalized spacial score (nSPS) is 10.5. The van der Waals surface area contributed by atoms with Gasteiger partial charge in [-0.25, -0.2) is 0 Å². The van der Waals surface area contributed by atoms with Gasteiger partial charge in [-0.1, -0.05) is 60.7 Å². The van der Waals surface area contributed by atoms with E-state index < -0.39 is 0 Å². The molecular weight excluding hydrogens is 258 g/mol. The van der Waals surface area contributed by atoms with Crippen molar-refractivity contribution in [1.29, 1.82) is 0 Å². The number of hydrogen-bond acceptors (Lipinski definition) is 2. The number of hydrogen-bond donors (Lipinski definition) is 2. The number of benzene rings is 3. The predicted molar refractivity (Wildman–Crippen MR) is 86.9 cm³/mol. The van der Waals surface area contributed by atoms with Gasteiger partial charge in [-0.2, -0.15) is 0 Å². The molecule has 0 aliphatic rings. The lowest BCUT2D eigenvalue weighted by molar-refractivity contribution is 0.477. The van der Waals surface area contributed by atoms with E-state index in [1.54, 1.807) is 6.07 Å².